The van der Waals surface area contributed by atoms with Crippen LogP contribution < -0.4 is 0 Å². The third-order valence-electron chi connectivity index (χ3n) is 16.2. The zero-order chi connectivity index (χ0) is 52.3. The molecule has 0 N–H and O–H groups in total. The second-order valence-electron chi connectivity index (χ2n) is 25.2. The van der Waals surface area contributed by atoms with Crippen LogP contribution in [0.15, 0.2) is 152 Å². The molecule has 0 aliphatic heterocycles. The number of rotatable bonds is 21. The van der Waals surface area contributed by atoms with Gasteiger partial charge in [0.15, 0.2) is 0 Å². The molecule has 0 aliphatic carbocycles. The molecule has 0 spiro atoms. The summed E-state index contributed by atoms with van der Waals surface area (Å²) in [5.41, 5.74) is 14.5. The van der Waals surface area contributed by atoms with Gasteiger partial charge in [0.25, 0.3) is 0 Å². The first-order valence-corrected chi connectivity index (χ1v) is 26.3. The van der Waals surface area contributed by atoms with E-state index in [4.69, 9.17) is 13.8 Å². The predicted molar refractivity (Wildman–Crippen MR) is 311 cm³/mol. The molecular weight excluding hydrogens is 853 g/mol. The first-order chi connectivity index (χ1) is 33.0. The van der Waals surface area contributed by atoms with Gasteiger partial charge in [-0.25, -0.2) is 0 Å². The van der Waals surface area contributed by atoms with Gasteiger partial charge in [-0.15, -0.1) is 0 Å². The molecular formula is C71H88+6. The Kier molecular flexibility index (Phi) is 16.3. The molecule has 0 saturated carbocycles. The van der Waals surface area contributed by atoms with Crippen molar-refractivity contribution in [3.8, 4) is 0 Å². The second kappa shape index (κ2) is 21.2. The molecule has 0 bridgehead atoms. The highest BCUT2D eigenvalue weighted by molar-refractivity contribution is 5.48. The van der Waals surface area contributed by atoms with Crippen LogP contribution in [0.25, 0.3) is 6.08 Å². The molecule has 5 atom stereocenters. The Balaban J connectivity index is 1.39. The van der Waals surface area contributed by atoms with Crippen molar-refractivity contribution >= 4 is 6.08 Å². The average Bonchev–Trinajstić information content (AvgIpc) is 3.32. The molecule has 0 heterocycles. The lowest BCUT2D eigenvalue weighted by Gasteiger charge is -2.37. The Hall–Kier alpha value is -5.72. The third kappa shape index (κ3) is 13.2. The van der Waals surface area contributed by atoms with E-state index in [2.05, 4.69) is 263 Å². The summed E-state index contributed by atoms with van der Waals surface area (Å²) in [6.45, 7) is 58.7. The molecule has 6 aromatic carbocycles. The van der Waals surface area contributed by atoms with Gasteiger partial charge < -0.3 is 0 Å². The molecule has 6 rings (SSSR count). The molecule has 0 amide bonds. The van der Waals surface area contributed by atoms with Crippen molar-refractivity contribution in [3.05, 3.63) is 260 Å². The Labute approximate surface area is 435 Å². The van der Waals surface area contributed by atoms with Gasteiger partial charge in [-0.2, -0.15) is 0 Å². The van der Waals surface area contributed by atoms with E-state index in [1.165, 1.54) is 61.2 Å². The third-order valence-corrected chi connectivity index (χ3v) is 16.2. The summed E-state index contributed by atoms with van der Waals surface area (Å²) >= 11 is 0. The lowest BCUT2D eigenvalue weighted by atomic mass is 9.67. The Morgan fingerprint density at radius 2 is 0.690 bits per heavy atom. The molecule has 0 fully saturated rings. The molecule has 0 heteroatoms. The summed E-state index contributed by atoms with van der Waals surface area (Å²) < 4.78 is 0. The van der Waals surface area contributed by atoms with E-state index in [0.29, 0.717) is 0 Å². The van der Waals surface area contributed by atoms with Crippen LogP contribution >= 0.6 is 0 Å². The van der Waals surface area contributed by atoms with Crippen molar-refractivity contribution in [2.75, 3.05) is 0 Å². The van der Waals surface area contributed by atoms with E-state index in [0.717, 1.165) is 31.2 Å². The fourth-order valence-corrected chi connectivity index (χ4v) is 10.8. The summed E-state index contributed by atoms with van der Waals surface area (Å²) in [4.78, 5) is 0. The maximum Gasteiger partial charge on any atom is 0.129 e. The molecule has 0 aromatic heterocycles. The number of hydrogen-bond acceptors (Lipinski definition) is 0. The van der Waals surface area contributed by atoms with Crippen molar-refractivity contribution in [1.29, 1.82) is 0 Å². The van der Waals surface area contributed by atoms with Crippen LogP contribution in [0.1, 0.15) is 205 Å². The lowest BCUT2D eigenvalue weighted by Crippen LogP contribution is -2.26. The lowest BCUT2D eigenvalue weighted by molar-refractivity contribution is 0.366. The summed E-state index contributed by atoms with van der Waals surface area (Å²) in [7, 11) is 0. The molecule has 0 aliphatic rings. The van der Waals surface area contributed by atoms with E-state index in [9.17, 15) is 0 Å². The Morgan fingerprint density at radius 3 is 1.10 bits per heavy atom. The minimum Gasteiger partial charge on any atom is -0.0985 e. The molecule has 0 saturated heterocycles. The van der Waals surface area contributed by atoms with Crippen LogP contribution in [0, 0.1) is 41.5 Å². The Bertz CT molecular complexity index is 2610. The summed E-state index contributed by atoms with van der Waals surface area (Å²) in [5.74, 6) is 0.810. The first-order valence-electron chi connectivity index (χ1n) is 26.3. The molecule has 366 valence electrons. The van der Waals surface area contributed by atoms with Gasteiger partial charge in [0, 0.05) is 28.5 Å². The van der Waals surface area contributed by atoms with Crippen LogP contribution in [0.3, 0.4) is 0 Å². The van der Waals surface area contributed by atoms with Crippen molar-refractivity contribution in [3.63, 3.8) is 0 Å². The van der Waals surface area contributed by atoms with Crippen molar-refractivity contribution in [1.82, 2.24) is 0 Å². The zero-order valence-electron chi connectivity index (χ0n) is 46.1. The second-order valence-corrected chi connectivity index (χ2v) is 25.2. The highest BCUT2D eigenvalue weighted by atomic mass is 14.4. The highest BCUT2D eigenvalue weighted by Crippen LogP contribution is 2.48. The van der Waals surface area contributed by atoms with E-state index in [1.54, 1.807) is 0 Å². The number of benzene rings is 6. The van der Waals surface area contributed by atoms with Crippen LogP contribution in [-0.4, -0.2) is 0 Å². The van der Waals surface area contributed by atoms with E-state index < -0.39 is 0 Å². The van der Waals surface area contributed by atoms with Crippen molar-refractivity contribution < 1.29 is 0 Å². The van der Waals surface area contributed by atoms with Crippen LogP contribution in [0.4, 0.5) is 0 Å². The van der Waals surface area contributed by atoms with Crippen LogP contribution in [-0.2, 0) is 32.5 Å². The largest absolute Gasteiger partial charge is 0.129 e. The quantitative estimate of drug-likeness (QED) is 0.0631. The van der Waals surface area contributed by atoms with Crippen LogP contribution in [0.2, 0.25) is 0 Å². The highest BCUT2D eigenvalue weighted by Gasteiger charge is 2.38. The maximum absolute atomic E-state index is 4.81. The van der Waals surface area contributed by atoms with Gasteiger partial charge in [-0.3, -0.25) is 0 Å². The van der Waals surface area contributed by atoms with Crippen molar-refractivity contribution in [2.24, 2.45) is 0 Å². The predicted octanol–water partition coefficient (Wildman–Crippen LogP) is 19.5. The van der Waals surface area contributed by atoms with E-state index >= 15 is 0 Å². The van der Waals surface area contributed by atoms with Gasteiger partial charge in [-0.1, -0.05) is 200 Å². The van der Waals surface area contributed by atoms with Gasteiger partial charge >= 0.3 is 0 Å². The van der Waals surface area contributed by atoms with Crippen LogP contribution in [0.5, 0.6) is 0 Å². The fraction of sp³-hybridized carbons (Fsp3) is 0.380. The van der Waals surface area contributed by atoms with Gasteiger partial charge in [0.2, 0.25) is 0 Å². The topological polar surface area (TPSA) is 0 Å². The SMILES string of the molecule is C=Cc1ccc(C(C)(C)CC(c2ccc(C(C)(C)CC([CH2+])c3ccc(C([CH2+])(C)C)cc3)cc2)C(CCC([CH2+])c2ccc(C([CH2+])(C)C)cc2)c2ccc(C(C)(C)C([CH2+])c3ccc(C([CH2+])(C)C)cc3)cc2)cc1. The van der Waals surface area contributed by atoms with Gasteiger partial charge in [0.1, 0.15) is 34.0 Å². The van der Waals surface area contributed by atoms with E-state index in [-0.39, 0.29) is 62.1 Å². The minimum atomic E-state index is -0.204. The zero-order valence-corrected chi connectivity index (χ0v) is 46.1. The van der Waals surface area contributed by atoms with E-state index in [1.807, 2.05) is 6.08 Å². The average molecular weight is 941 g/mol. The fourth-order valence-electron chi connectivity index (χ4n) is 10.8. The number of hydrogen-bond donors (Lipinski definition) is 0. The summed E-state index contributed by atoms with van der Waals surface area (Å²) in [6, 6.07) is 55.3. The maximum atomic E-state index is 4.81. The summed E-state index contributed by atoms with van der Waals surface area (Å²) in [5, 5.41) is 0. The Morgan fingerprint density at radius 1 is 0.366 bits per heavy atom. The molecule has 5 unspecified atom stereocenters. The monoisotopic (exact) mass is 941 g/mol. The first kappa shape index (κ1) is 54.6. The normalized spacial score (nSPS) is 15.1. The minimum absolute atomic E-state index is 0.0626. The van der Waals surface area contributed by atoms with Gasteiger partial charge in [0.05, 0.1) is 41.5 Å². The smallest absolute Gasteiger partial charge is 0.0985 e. The standard InChI is InChI=1S/C71H88/c1-20-52-22-34-61(35-23-52)70(16,17)48-65(57-30-42-62(43-31-57)69(14,15)47-50(3)54-26-38-59(39-27-54)67(8,9)10)64(46-21-49(2)53-24-36-58(37-25-53)66(5,6)7)56-32-44-63(45-33-56)71(18,19)51(4)55-28-40-60(41-29-55)68(11,12)13/h20,22-45,49-51,64-65H,1-5,8,11,21,46-48H2,6-7,9-10,12-19H3/q+6. The molecule has 0 nitrogen and oxygen atoms in total. The van der Waals surface area contributed by atoms with Crippen molar-refractivity contribution in [2.45, 2.75) is 171 Å². The molecule has 71 heavy (non-hydrogen) atoms. The molecule has 6 aromatic rings. The molecule has 0 radical (unpaired) electrons. The van der Waals surface area contributed by atoms with Gasteiger partial charge in [-0.05, 0) is 134 Å². The summed E-state index contributed by atoms with van der Waals surface area (Å²) in [6.07, 6.45) is 5.79.